The number of amides is 2. The minimum atomic E-state index is -0.767. The molecule has 3 N–H and O–H groups in total. The van der Waals surface area contributed by atoms with Gasteiger partial charge in [0.05, 0.1) is 5.56 Å². The molecule has 0 bridgehead atoms. The molecule has 0 aliphatic carbocycles. The second kappa shape index (κ2) is 6.55. The number of hydrogen-bond acceptors (Lipinski definition) is 6. The largest absolute Gasteiger partial charge is 0.450 e. The first-order chi connectivity index (χ1) is 9.97. The van der Waals surface area contributed by atoms with Crippen molar-refractivity contribution in [3.63, 3.8) is 0 Å². The van der Waals surface area contributed by atoms with Crippen molar-refractivity contribution >= 4 is 50.1 Å². The average Bonchev–Trinajstić information content (AvgIpc) is 3.05. The molecule has 2 heterocycles. The smallest absolute Gasteiger partial charge is 0.374 e. The first-order valence-electron chi connectivity index (χ1n) is 5.57. The molecular formula is C12H9BrN2O5S. The molecule has 110 valence electrons. The van der Waals surface area contributed by atoms with E-state index >= 15 is 0 Å². The lowest BCUT2D eigenvalue weighted by Gasteiger charge is -2.05. The van der Waals surface area contributed by atoms with E-state index in [2.05, 4.69) is 21.2 Å². The zero-order valence-electron chi connectivity index (χ0n) is 10.4. The van der Waals surface area contributed by atoms with Gasteiger partial charge in [-0.3, -0.25) is 9.59 Å². The second-order valence-corrected chi connectivity index (χ2v) is 5.45. The summed E-state index contributed by atoms with van der Waals surface area (Å²) in [7, 11) is 0. The van der Waals surface area contributed by atoms with Gasteiger partial charge < -0.3 is 20.2 Å². The molecule has 9 heteroatoms. The van der Waals surface area contributed by atoms with E-state index in [9.17, 15) is 14.4 Å². The Bertz CT molecular complexity index is 693. The number of furan rings is 1. The molecule has 2 rings (SSSR count). The van der Waals surface area contributed by atoms with Gasteiger partial charge in [-0.1, -0.05) is 0 Å². The van der Waals surface area contributed by atoms with E-state index in [1.807, 2.05) is 0 Å². The number of carbonyl (C=O) groups excluding carboxylic acids is 3. The van der Waals surface area contributed by atoms with E-state index < -0.39 is 24.4 Å². The van der Waals surface area contributed by atoms with Crippen molar-refractivity contribution in [2.24, 2.45) is 5.73 Å². The Labute approximate surface area is 131 Å². The molecule has 2 amide bonds. The fraction of sp³-hybridized carbons (Fsp3) is 0.0833. The van der Waals surface area contributed by atoms with E-state index in [1.165, 1.54) is 18.2 Å². The van der Waals surface area contributed by atoms with Gasteiger partial charge in [0.25, 0.3) is 11.8 Å². The highest BCUT2D eigenvalue weighted by Gasteiger charge is 2.16. The SMILES string of the molecule is NC(=O)c1ccsc1NC(=O)COC(=O)c1ccc(Br)o1. The van der Waals surface area contributed by atoms with Crippen LogP contribution in [0.15, 0.2) is 32.7 Å². The molecule has 7 nitrogen and oxygen atoms in total. The first kappa shape index (κ1) is 15.3. The summed E-state index contributed by atoms with van der Waals surface area (Å²) >= 11 is 4.19. The van der Waals surface area contributed by atoms with Crippen LogP contribution < -0.4 is 11.1 Å². The summed E-state index contributed by atoms with van der Waals surface area (Å²) in [4.78, 5) is 34.3. The molecule has 0 atom stereocenters. The van der Waals surface area contributed by atoms with E-state index in [4.69, 9.17) is 14.9 Å². The lowest BCUT2D eigenvalue weighted by molar-refractivity contribution is -0.119. The molecule has 0 unspecified atom stereocenters. The van der Waals surface area contributed by atoms with Crippen LogP contribution in [0.2, 0.25) is 0 Å². The molecule has 0 aromatic carbocycles. The number of esters is 1. The number of anilines is 1. The van der Waals surface area contributed by atoms with Crippen LogP contribution in [0.25, 0.3) is 0 Å². The summed E-state index contributed by atoms with van der Waals surface area (Å²) in [6.45, 7) is -0.507. The number of rotatable bonds is 5. The van der Waals surface area contributed by atoms with Gasteiger partial charge in [-0.15, -0.1) is 11.3 Å². The quantitative estimate of drug-likeness (QED) is 0.779. The Balaban J connectivity index is 1.89. The van der Waals surface area contributed by atoms with Crippen LogP contribution in [0.3, 0.4) is 0 Å². The molecule has 0 saturated carbocycles. The van der Waals surface area contributed by atoms with Crippen molar-refractivity contribution in [3.05, 3.63) is 39.6 Å². The maximum atomic E-state index is 11.7. The van der Waals surface area contributed by atoms with E-state index in [0.29, 0.717) is 9.67 Å². The topological polar surface area (TPSA) is 112 Å². The second-order valence-electron chi connectivity index (χ2n) is 3.76. The number of nitrogens with one attached hydrogen (secondary N) is 1. The van der Waals surface area contributed by atoms with E-state index in [0.717, 1.165) is 11.3 Å². The molecule has 2 aromatic rings. The number of carbonyl (C=O) groups is 3. The molecule has 0 aliphatic heterocycles. The summed E-state index contributed by atoms with van der Waals surface area (Å²) in [5.41, 5.74) is 5.35. The van der Waals surface area contributed by atoms with Gasteiger partial charge in [-0.2, -0.15) is 0 Å². The summed E-state index contributed by atoms with van der Waals surface area (Å²) in [5.74, 6) is -2.02. The maximum Gasteiger partial charge on any atom is 0.374 e. The van der Waals surface area contributed by atoms with Gasteiger partial charge in [0.2, 0.25) is 5.76 Å². The molecule has 21 heavy (non-hydrogen) atoms. The molecule has 0 spiro atoms. The van der Waals surface area contributed by atoms with Crippen molar-refractivity contribution in [3.8, 4) is 0 Å². The van der Waals surface area contributed by atoms with Crippen LogP contribution in [-0.4, -0.2) is 24.4 Å². The predicted octanol–water partition coefficient (Wildman–Crippen LogP) is 2.00. The van der Waals surface area contributed by atoms with Crippen LogP contribution in [-0.2, 0) is 9.53 Å². The van der Waals surface area contributed by atoms with Crippen molar-refractivity contribution in [2.45, 2.75) is 0 Å². The maximum absolute atomic E-state index is 11.7. The van der Waals surface area contributed by atoms with Crippen LogP contribution in [0.5, 0.6) is 0 Å². The lowest BCUT2D eigenvalue weighted by Crippen LogP contribution is -2.22. The molecule has 0 radical (unpaired) electrons. The standard InChI is InChI=1S/C12H9BrN2O5S/c13-8-2-1-7(20-8)12(18)19-5-9(16)15-11-6(10(14)17)3-4-21-11/h1-4H,5H2,(H2,14,17)(H,15,16). The number of thiophene rings is 1. The highest BCUT2D eigenvalue weighted by molar-refractivity contribution is 9.10. The third-order valence-electron chi connectivity index (χ3n) is 2.29. The van der Waals surface area contributed by atoms with Crippen LogP contribution in [0, 0.1) is 0 Å². The molecular weight excluding hydrogens is 364 g/mol. The van der Waals surface area contributed by atoms with E-state index in [-0.39, 0.29) is 11.3 Å². The number of hydrogen-bond donors (Lipinski definition) is 2. The lowest BCUT2D eigenvalue weighted by atomic mass is 10.3. The zero-order valence-corrected chi connectivity index (χ0v) is 12.8. The predicted molar refractivity (Wildman–Crippen MR) is 78.2 cm³/mol. The minimum absolute atomic E-state index is 0.0244. The van der Waals surface area contributed by atoms with Gasteiger partial charge in [-0.05, 0) is 39.5 Å². The summed E-state index contributed by atoms with van der Waals surface area (Å²) in [6.07, 6.45) is 0. The van der Waals surface area contributed by atoms with Crippen molar-refractivity contribution in [2.75, 3.05) is 11.9 Å². The van der Waals surface area contributed by atoms with Gasteiger partial charge in [0, 0.05) is 0 Å². The average molecular weight is 373 g/mol. The minimum Gasteiger partial charge on any atom is -0.450 e. The molecule has 2 aromatic heterocycles. The summed E-state index contributed by atoms with van der Waals surface area (Å²) in [5, 5.41) is 4.37. The monoisotopic (exact) mass is 372 g/mol. The Hall–Kier alpha value is -2.13. The highest BCUT2D eigenvalue weighted by Crippen LogP contribution is 2.22. The molecule has 0 aliphatic rings. The Morgan fingerprint density at radius 2 is 2.10 bits per heavy atom. The fourth-order valence-electron chi connectivity index (χ4n) is 1.39. The third-order valence-corrected chi connectivity index (χ3v) is 3.55. The third kappa shape index (κ3) is 3.92. The van der Waals surface area contributed by atoms with Crippen molar-refractivity contribution in [1.82, 2.24) is 0 Å². The summed E-state index contributed by atoms with van der Waals surface area (Å²) in [6, 6.07) is 4.44. The van der Waals surface area contributed by atoms with Gasteiger partial charge >= 0.3 is 5.97 Å². The highest BCUT2D eigenvalue weighted by atomic mass is 79.9. The van der Waals surface area contributed by atoms with Gasteiger partial charge in [0.15, 0.2) is 11.3 Å². The van der Waals surface area contributed by atoms with Crippen molar-refractivity contribution < 1.29 is 23.5 Å². The molecule has 0 fully saturated rings. The van der Waals surface area contributed by atoms with Crippen LogP contribution in [0.1, 0.15) is 20.9 Å². The Kier molecular flexibility index (Phi) is 4.76. The number of halogens is 1. The normalized spacial score (nSPS) is 10.1. The summed E-state index contributed by atoms with van der Waals surface area (Å²) < 4.78 is 10.1. The Morgan fingerprint density at radius 3 is 2.71 bits per heavy atom. The van der Waals surface area contributed by atoms with Crippen molar-refractivity contribution in [1.29, 1.82) is 0 Å². The zero-order chi connectivity index (χ0) is 15.4. The Morgan fingerprint density at radius 1 is 1.33 bits per heavy atom. The fourth-order valence-corrected chi connectivity index (χ4v) is 2.50. The number of ether oxygens (including phenoxy) is 1. The van der Waals surface area contributed by atoms with E-state index in [1.54, 1.807) is 5.38 Å². The molecule has 0 saturated heterocycles. The number of nitrogens with two attached hydrogens (primary N) is 1. The van der Waals surface area contributed by atoms with Gasteiger partial charge in [0.1, 0.15) is 5.00 Å². The number of primary amides is 1. The first-order valence-corrected chi connectivity index (χ1v) is 7.24. The van der Waals surface area contributed by atoms with Gasteiger partial charge in [-0.25, -0.2) is 4.79 Å². The van der Waals surface area contributed by atoms with Crippen LogP contribution >= 0.6 is 27.3 Å². The van der Waals surface area contributed by atoms with Crippen LogP contribution in [0.4, 0.5) is 5.00 Å².